The van der Waals surface area contributed by atoms with Gasteiger partial charge in [0.15, 0.2) is 5.82 Å². The number of pyridine rings is 1. The Bertz CT molecular complexity index is 652. The molecule has 102 valence electrons. The van der Waals surface area contributed by atoms with Crippen LogP contribution in [0.4, 0.5) is 0 Å². The first-order valence-electron chi connectivity index (χ1n) is 5.82. The summed E-state index contributed by atoms with van der Waals surface area (Å²) < 4.78 is 4.88. The highest BCUT2D eigenvalue weighted by Crippen LogP contribution is 2.00. The Balaban J connectivity index is 1.95. The number of nitrogens with one attached hydrogen (secondary N) is 1. The summed E-state index contributed by atoms with van der Waals surface area (Å²) in [6.45, 7) is 1.63. The zero-order chi connectivity index (χ0) is 14.4. The highest BCUT2D eigenvalue weighted by molar-refractivity contribution is 5.92. The first-order chi connectivity index (χ1) is 9.69. The summed E-state index contributed by atoms with van der Waals surface area (Å²) in [5.74, 6) is 5.70. The Morgan fingerprint density at radius 2 is 2.35 bits per heavy atom. The van der Waals surface area contributed by atoms with Crippen molar-refractivity contribution >= 4 is 5.91 Å². The molecule has 0 fully saturated rings. The topological polar surface area (TPSA) is 101 Å². The zero-order valence-corrected chi connectivity index (χ0v) is 10.8. The summed E-state index contributed by atoms with van der Waals surface area (Å²) in [6, 6.07) is 3.21. The lowest BCUT2D eigenvalue weighted by Crippen LogP contribution is -2.23. The summed E-state index contributed by atoms with van der Waals surface area (Å²) in [4.78, 5) is 19.8. The Hall–Kier alpha value is -2.72. The van der Waals surface area contributed by atoms with Crippen LogP contribution in [0.5, 0.6) is 0 Å². The number of aliphatic hydroxyl groups excluding tert-OH is 1. The number of nitrogens with zero attached hydrogens (tertiary/aromatic N) is 3. The van der Waals surface area contributed by atoms with E-state index in [0.29, 0.717) is 17.3 Å². The third kappa shape index (κ3) is 3.63. The average molecular weight is 272 g/mol. The van der Waals surface area contributed by atoms with Crippen molar-refractivity contribution in [2.75, 3.05) is 6.61 Å². The molecule has 0 aliphatic heterocycles. The van der Waals surface area contributed by atoms with Crippen molar-refractivity contribution in [3.8, 4) is 11.8 Å². The SMILES string of the molecule is Cc1noc(CNC(=O)c2ccc(C#CCO)cn2)n1. The maximum absolute atomic E-state index is 11.8. The number of hydrogen-bond acceptors (Lipinski definition) is 6. The van der Waals surface area contributed by atoms with Crippen LogP contribution < -0.4 is 5.32 Å². The van der Waals surface area contributed by atoms with Crippen molar-refractivity contribution in [3.63, 3.8) is 0 Å². The second-order valence-electron chi connectivity index (χ2n) is 3.81. The Kier molecular flexibility index (Phi) is 4.42. The van der Waals surface area contributed by atoms with E-state index >= 15 is 0 Å². The van der Waals surface area contributed by atoms with Gasteiger partial charge in [-0.2, -0.15) is 4.98 Å². The summed E-state index contributed by atoms with van der Waals surface area (Å²) >= 11 is 0. The third-order valence-corrected chi connectivity index (χ3v) is 2.28. The number of amides is 1. The van der Waals surface area contributed by atoms with Crippen LogP contribution >= 0.6 is 0 Å². The van der Waals surface area contributed by atoms with Gasteiger partial charge in [-0.15, -0.1) is 0 Å². The Labute approximate surface area is 115 Å². The molecule has 7 heteroatoms. The normalized spacial score (nSPS) is 9.70. The van der Waals surface area contributed by atoms with Gasteiger partial charge in [-0.05, 0) is 19.1 Å². The van der Waals surface area contributed by atoms with Crippen molar-refractivity contribution in [2.45, 2.75) is 13.5 Å². The lowest BCUT2D eigenvalue weighted by atomic mass is 10.2. The number of aliphatic hydroxyl groups is 1. The van der Waals surface area contributed by atoms with Crippen molar-refractivity contribution in [1.82, 2.24) is 20.4 Å². The van der Waals surface area contributed by atoms with Crippen LogP contribution in [0.3, 0.4) is 0 Å². The molecule has 0 aliphatic rings. The Morgan fingerprint density at radius 3 is 2.95 bits per heavy atom. The number of hydrogen-bond donors (Lipinski definition) is 2. The number of rotatable bonds is 3. The summed E-state index contributed by atoms with van der Waals surface area (Å²) in [5, 5.41) is 14.8. The lowest BCUT2D eigenvalue weighted by molar-refractivity contribution is 0.0941. The van der Waals surface area contributed by atoms with Crippen LogP contribution in [0.1, 0.15) is 27.8 Å². The fourth-order valence-electron chi connectivity index (χ4n) is 1.40. The van der Waals surface area contributed by atoms with Gasteiger partial charge in [-0.1, -0.05) is 17.0 Å². The number of aryl methyl sites for hydroxylation is 1. The van der Waals surface area contributed by atoms with E-state index in [-0.39, 0.29) is 24.8 Å². The molecule has 7 nitrogen and oxygen atoms in total. The monoisotopic (exact) mass is 272 g/mol. The molecular formula is C13H12N4O3. The summed E-state index contributed by atoms with van der Waals surface area (Å²) in [7, 11) is 0. The van der Waals surface area contributed by atoms with Crippen molar-refractivity contribution in [2.24, 2.45) is 0 Å². The molecule has 0 aliphatic carbocycles. The van der Waals surface area contributed by atoms with Crippen LogP contribution in [-0.4, -0.2) is 32.7 Å². The van der Waals surface area contributed by atoms with E-state index < -0.39 is 0 Å². The maximum atomic E-state index is 11.8. The largest absolute Gasteiger partial charge is 0.384 e. The Morgan fingerprint density at radius 1 is 1.50 bits per heavy atom. The smallest absolute Gasteiger partial charge is 0.270 e. The van der Waals surface area contributed by atoms with Gasteiger partial charge in [-0.25, -0.2) is 4.98 Å². The standard InChI is InChI=1S/C13H12N4O3/c1-9-16-12(20-17-9)8-15-13(19)11-5-4-10(7-14-11)3-2-6-18/h4-5,7,18H,6,8H2,1H3,(H,15,19). The van der Waals surface area contributed by atoms with Crippen LogP contribution in [0, 0.1) is 18.8 Å². The number of carbonyl (C=O) groups excluding carboxylic acids is 1. The van der Waals surface area contributed by atoms with Crippen LogP contribution in [0.2, 0.25) is 0 Å². The molecule has 0 atom stereocenters. The highest BCUT2D eigenvalue weighted by Gasteiger charge is 2.09. The molecule has 0 spiro atoms. The van der Waals surface area contributed by atoms with Gasteiger partial charge < -0.3 is 14.9 Å². The van der Waals surface area contributed by atoms with E-state index in [2.05, 4.69) is 32.3 Å². The first kappa shape index (κ1) is 13.7. The van der Waals surface area contributed by atoms with E-state index in [1.165, 1.54) is 6.20 Å². The minimum absolute atomic E-state index is 0.146. The molecule has 2 rings (SSSR count). The maximum Gasteiger partial charge on any atom is 0.270 e. The first-order valence-corrected chi connectivity index (χ1v) is 5.82. The van der Waals surface area contributed by atoms with Gasteiger partial charge >= 0.3 is 0 Å². The molecular weight excluding hydrogens is 260 g/mol. The number of aromatic nitrogens is 3. The van der Waals surface area contributed by atoms with Crippen molar-refractivity contribution in [3.05, 3.63) is 41.3 Å². The second kappa shape index (κ2) is 6.45. The summed E-state index contributed by atoms with van der Waals surface area (Å²) in [5.41, 5.74) is 0.888. The van der Waals surface area contributed by atoms with Gasteiger partial charge in [0.25, 0.3) is 5.91 Å². The molecule has 0 unspecified atom stereocenters. The van der Waals surface area contributed by atoms with Crippen molar-refractivity contribution in [1.29, 1.82) is 0 Å². The predicted octanol–water partition coefficient (Wildman–Crippen LogP) is 0.0468. The molecule has 20 heavy (non-hydrogen) atoms. The fourth-order valence-corrected chi connectivity index (χ4v) is 1.40. The molecule has 2 heterocycles. The molecule has 0 aromatic carbocycles. The second-order valence-corrected chi connectivity index (χ2v) is 3.81. The number of carbonyl (C=O) groups is 1. The van der Waals surface area contributed by atoms with Gasteiger partial charge in [0, 0.05) is 11.8 Å². The lowest BCUT2D eigenvalue weighted by Gasteiger charge is -2.01. The summed E-state index contributed by atoms with van der Waals surface area (Å²) in [6.07, 6.45) is 1.47. The van der Waals surface area contributed by atoms with E-state index in [0.717, 1.165) is 0 Å². The fraction of sp³-hybridized carbons (Fsp3) is 0.231. The van der Waals surface area contributed by atoms with E-state index in [4.69, 9.17) is 9.63 Å². The molecule has 0 bridgehead atoms. The van der Waals surface area contributed by atoms with Gasteiger partial charge in [-0.3, -0.25) is 4.79 Å². The molecule has 0 radical (unpaired) electrons. The van der Waals surface area contributed by atoms with Crippen LogP contribution in [0.15, 0.2) is 22.9 Å². The van der Waals surface area contributed by atoms with Gasteiger partial charge in [0.2, 0.25) is 5.89 Å². The van der Waals surface area contributed by atoms with E-state index in [1.54, 1.807) is 19.1 Å². The zero-order valence-electron chi connectivity index (χ0n) is 10.8. The molecule has 2 N–H and O–H groups in total. The predicted molar refractivity (Wildman–Crippen MR) is 68.4 cm³/mol. The molecule has 1 amide bonds. The van der Waals surface area contributed by atoms with Crippen molar-refractivity contribution < 1.29 is 14.4 Å². The van der Waals surface area contributed by atoms with Gasteiger partial charge in [0.05, 0.1) is 6.54 Å². The molecule has 0 saturated carbocycles. The van der Waals surface area contributed by atoms with Crippen LogP contribution in [-0.2, 0) is 6.54 Å². The van der Waals surface area contributed by atoms with Crippen LogP contribution in [0.25, 0.3) is 0 Å². The molecule has 0 saturated heterocycles. The molecule has 2 aromatic heterocycles. The quantitative estimate of drug-likeness (QED) is 0.765. The molecule has 2 aromatic rings. The average Bonchev–Trinajstić information content (AvgIpc) is 2.89. The van der Waals surface area contributed by atoms with Gasteiger partial charge in [0.1, 0.15) is 12.3 Å². The highest BCUT2D eigenvalue weighted by atomic mass is 16.5. The minimum atomic E-state index is -0.345. The third-order valence-electron chi connectivity index (χ3n) is 2.28. The minimum Gasteiger partial charge on any atom is -0.384 e. The van der Waals surface area contributed by atoms with E-state index in [9.17, 15) is 4.79 Å². The van der Waals surface area contributed by atoms with E-state index in [1.807, 2.05) is 0 Å².